The van der Waals surface area contributed by atoms with Crippen LogP contribution in [0.15, 0.2) is 29.0 Å². The Hall–Kier alpha value is -1.76. The summed E-state index contributed by atoms with van der Waals surface area (Å²) in [5, 5.41) is 8.01. The Kier molecular flexibility index (Phi) is 4.87. The SMILES string of the molecule is c1cncc(CNC2CCc3onc(CN4CCOCC4)c3C2)c1. The Bertz CT molecular complexity index is 652. The predicted octanol–water partition coefficient (Wildman–Crippen LogP) is 1.55. The Morgan fingerprint density at radius 1 is 1.29 bits per heavy atom. The summed E-state index contributed by atoms with van der Waals surface area (Å²) < 4.78 is 11.0. The van der Waals surface area contributed by atoms with E-state index in [4.69, 9.17) is 9.26 Å². The van der Waals surface area contributed by atoms with Crippen LogP contribution in [-0.2, 0) is 30.7 Å². The van der Waals surface area contributed by atoms with Gasteiger partial charge in [-0.15, -0.1) is 0 Å². The third-order valence-electron chi connectivity index (χ3n) is 4.92. The summed E-state index contributed by atoms with van der Waals surface area (Å²) in [6, 6.07) is 4.56. The van der Waals surface area contributed by atoms with Gasteiger partial charge in [-0.1, -0.05) is 11.2 Å². The van der Waals surface area contributed by atoms with Crippen LogP contribution in [0.1, 0.15) is 29.0 Å². The summed E-state index contributed by atoms with van der Waals surface area (Å²) >= 11 is 0. The average Bonchev–Trinajstić information content (AvgIpc) is 3.04. The lowest BCUT2D eigenvalue weighted by Gasteiger charge is -2.27. The fraction of sp³-hybridized carbons (Fsp3) is 0.556. The zero-order valence-electron chi connectivity index (χ0n) is 13.9. The normalized spacial score (nSPS) is 21.6. The first kappa shape index (κ1) is 15.7. The quantitative estimate of drug-likeness (QED) is 0.898. The first-order valence-electron chi connectivity index (χ1n) is 8.77. The Morgan fingerprint density at radius 2 is 2.21 bits per heavy atom. The molecule has 1 unspecified atom stereocenters. The summed E-state index contributed by atoms with van der Waals surface area (Å²) in [6.45, 7) is 5.31. The zero-order chi connectivity index (χ0) is 16.2. The molecule has 4 rings (SSSR count). The molecule has 2 aliphatic rings. The van der Waals surface area contributed by atoms with E-state index in [9.17, 15) is 0 Å². The van der Waals surface area contributed by atoms with E-state index >= 15 is 0 Å². The molecule has 0 amide bonds. The molecule has 1 fully saturated rings. The van der Waals surface area contributed by atoms with E-state index < -0.39 is 0 Å². The van der Waals surface area contributed by atoms with Crippen LogP contribution in [0.3, 0.4) is 0 Å². The smallest absolute Gasteiger partial charge is 0.140 e. The highest BCUT2D eigenvalue weighted by molar-refractivity contribution is 5.27. The summed E-state index contributed by atoms with van der Waals surface area (Å²) in [6.07, 6.45) is 6.80. The molecule has 24 heavy (non-hydrogen) atoms. The zero-order valence-corrected chi connectivity index (χ0v) is 13.9. The Labute approximate surface area is 142 Å². The van der Waals surface area contributed by atoms with Crippen LogP contribution in [0.2, 0.25) is 0 Å². The third kappa shape index (κ3) is 3.66. The van der Waals surface area contributed by atoms with Crippen molar-refractivity contribution >= 4 is 0 Å². The molecule has 3 heterocycles. The summed E-state index contributed by atoms with van der Waals surface area (Å²) in [7, 11) is 0. The van der Waals surface area contributed by atoms with Crippen LogP contribution >= 0.6 is 0 Å². The molecule has 1 saturated heterocycles. The van der Waals surface area contributed by atoms with Crippen molar-refractivity contribution in [1.29, 1.82) is 0 Å². The van der Waals surface area contributed by atoms with Gasteiger partial charge >= 0.3 is 0 Å². The first-order valence-corrected chi connectivity index (χ1v) is 8.77. The van der Waals surface area contributed by atoms with E-state index in [2.05, 4.69) is 26.4 Å². The number of hydrogen-bond acceptors (Lipinski definition) is 6. The van der Waals surface area contributed by atoms with Crippen LogP contribution in [0.5, 0.6) is 0 Å². The highest BCUT2D eigenvalue weighted by Crippen LogP contribution is 2.26. The molecule has 1 atom stereocenters. The van der Waals surface area contributed by atoms with Gasteiger partial charge in [0.05, 0.1) is 13.2 Å². The largest absolute Gasteiger partial charge is 0.379 e. The lowest BCUT2D eigenvalue weighted by Crippen LogP contribution is -2.37. The molecule has 0 bridgehead atoms. The topological polar surface area (TPSA) is 63.4 Å². The number of nitrogens with one attached hydrogen (secondary N) is 1. The molecule has 128 valence electrons. The van der Waals surface area contributed by atoms with Crippen molar-refractivity contribution in [3.8, 4) is 0 Å². The van der Waals surface area contributed by atoms with E-state index in [1.807, 2.05) is 18.5 Å². The number of aryl methyl sites for hydroxylation is 1. The molecule has 0 saturated carbocycles. The summed E-state index contributed by atoms with van der Waals surface area (Å²) in [5.41, 5.74) is 3.65. The minimum Gasteiger partial charge on any atom is -0.379 e. The fourth-order valence-corrected chi connectivity index (χ4v) is 3.50. The molecular weight excluding hydrogens is 304 g/mol. The van der Waals surface area contributed by atoms with Gasteiger partial charge in [-0.2, -0.15) is 0 Å². The molecule has 0 aromatic carbocycles. The monoisotopic (exact) mass is 328 g/mol. The van der Waals surface area contributed by atoms with Crippen molar-refractivity contribution in [2.45, 2.75) is 38.4 Å². The number of ether oxygens (including phenoxy) is 1. The van der Waals surface area contributed by atoms with Crippen molar-refractivity contribution in [2.75, 3.05) is 26.3 Å². The number of nitrogens with zero attached hydrogens (tertiary/aromatic N) is 3. The van der Waals surface area contributed by atoms with Crippen LogP contribution in [0.4, 0.5) is 0 Å². The van der Waals surface area contributed by atoms with Crippen LogP contribution in [0, 0.1) is 0 Å². The third-order valence-corrected chi connectivity index (χ3v) is 4.92. The number of hydrogen-bond donors (Lipinski definition) is 1. The number of fused-ring (bicyclic) bond motifs is 1. The lowest BCUT2D eigenvalue weighted by atomic mass is 9.91. The van der Waals surface area contributed by atoms with Gasteiger partial charge in [0.15, 0.2) is 0 Å². The van der Waals surface area contributed by atoms with Crippen LogP contribution in [-0.4, -0.2) is 47.4 Å². The van der Waals surface area contributed by atoms with Crippen LogP contribution in [0.25, 0.3) is 0 Å². The highest BCUT2D eigenvalue weighted by Gasteiger charge is 2.26. The van der Waals surface area contributed by atoms with Gasteiger partial charge in [0.25, 0.3) is 0 Å². The van der Waals surface area contributed by atoms with Gasteiger partial charge in [-0.25, -0.2) is 0 Å². The minimum atomic E-state index is 0.473. The second kappa shape index (κ2) is 7.42. The summed E-state index contributed by atoms with van der Waals surface area (Å²) in [5.74, 6) is 1.08. The maximum absolute atomic E-state index is 5.59. The van der Waals surface area contributed by atoms with E-state index in [-0.39, 0.29) is 0 Å². The maximum atomic E-state index is 5.59. The van der Waals surface area contributed by atoms with Crippen LogP contribution < -0.4 is 5.32 Å². The van der Waals surface area contributed by atoms with Gasteiger partial charge in [-0.3, -0.25) is 9.88 Å². The standard InChI is InChI=1S/C18H24N4O2/c1-2-14(11-19-5-1)12-20-15-3-4-18-16(10-15)17(21-24-18)13-22-6-8-23-9-7-22/h1-2,5,11,15,20H,3-4,6-10,12-13H2. The fourth-order valence-electron chi connectivity index (χ4n) is 3.50. The Morgan fingerprint density at radius 3 is 3.04 bits per heavy atom. The van der Waals surface area contributed by atoms with Gasteiger partial charge in [0, 0.05) is 56.6 Å². The number of pyridine rings is 1. The van der Waals surface area contributed by atoms with Gasteiger partial charge in [0.1, 0.15) is 11.5 Å². The Balaban J connectivity index is 1.37. The minimum absolute atomic E-state index is 0.473. The van der Waals surface area contributed by atoms with Gasteiger partial charge in [-0.05, 0) is 24.5 Å². The van der Waals surface area contributed by atoms with Crippen molar-refractivity contribution in [3.63, 3.8) is 0 Å². The van der Waals surface area contributed by atoms with Gasteiger partial charge < -0.3 is 14.6 Å². The van der Waals surface area contributed by atoms with Crippen molar-refractivity contribution in [1.82, 2.24) is 20.4 Å². The average molecular weight is 328 g/mol. The molecule has 2 aromatic heterocycles. The van der Waals surface area contributed by atoms with Gasteiger partial charge in [0.2, 0.25) is 0 Å². The number of rotatable bonds is 5. The lowest BCUT2D eigenvalue weighted by molar-refractivity contribution is 0.0331. The first-order chi connectivity index (χ1) is 11.9. The van der Waals surface area contributed by atoms with Crippen molar-refractivity contribution in [2.24, 2.45) is 0 Å². The molecule has 1 aliphatic heterocycles. The maximum Gasteiger partial charge on any atom is 0.140 e. The second-order valence-corrected chi connectivity index (χ2v) is 6.60. The highest BCUT2D eigenvalue weighted by atomic mass is 16.5. The van der Waals surface area contributed by atoms with E-state index in [1.54, 1.807) is 0 Å². The van der Waals surface area contributed by atoms with Crippen molar-refractivity contribution in [3.05, 3.63) is 47.1 Å². The molecule has 2 aromatic rings. The number of aromatic nitrogens is 2. The molecule has 0 spiro atoms. The van der Waals surface area contributed by atoms with Crippen molar-refractivity contribution < 1.29 is 9.26 Å². The summed E-state index contributed by atoms with van der Waals surface area (Å²) in [4.78, 5) is 6.57. The predicted molar refractivity (Wildman–Crippen MR) is 89.5 cm³/mol. The molecule has 6 nitrogen and oxygen atoms in total. The van der Waals surface area contributed by atoms with E-state index in [0.29, 0.717) is 6.04 Å². The number of morpholine rings is 1. The van der Waals surface area contributed by atoms with E-state index in [0.717, 1.165) is 70.1 Å². The molecule has 1 N–H and O–H groups in total. The molecule has 1 aliphatic carbocycles. The molecule has 0 radical (unpaired) electrons. The second-order valence-electron chi connectivity index (χ2n) is 6.60. The molecule has 6 heteroatoms. The van der Waals surface area contributed by atoms with E-state index in [1.165, 1.54) is 11.1 Å². The molecular formula is C18H24N4O2.